The molecule has 4 rings (SSSR count). The minimum Gasteiger partial charge on any atom is -0.367 e. The van der Waals surface area contributed by atoms with Crippen molar-refractivity contribution in [3.63, 3.8) is 0 Å². The van der Waals surface area contributed by atoms with Gasteiger partial charge in [0, 0.05) is 18.8 Å². The number of carbonyl (C=O) groups excluding carboxylic acids is 1. The van der Waals surface area contributed by atoms with E-state index in [1.807, 2.05) is 19.1 Å². The molecule has 2 aromatic heterocycles. The van der Waals surface area contributed by atoms with E-state index in [0.29, 0.717) is 32.8 Å². The van der Waals surface area contributed by atoms with Crippen LogP contribution in [0.4, 0.5) is 5.82 Å². The van der Waals surface area contributed by atoms with Crippen molar-refractivity contribution in [3.05, 3.63) is 45.2 Å². The molecule has 29 heavy (non-hydrogen) atoms. The average molecular weight is 429 g/mol. The number of aromatic nitrogens is 2. The Morgan fingerprint density at radius 1 is 1.28 bits per heavy atom. The third-order valence-corrected chi connectivity index (χ3v) is 6.97. The minimum absolute atomic E-state index is 0.155. The van der Waals surface area contributed by atoms with Crippen LogP contribution in [0, 0.1) is 5.92 Å². The minimum atomic E-state index is -0.191. The monoisotopic (exact) mass is 428 g/mol. The van der Waals surface area contributed by atoms with E-state index in [4.69, 9.17) is 17.2 Å². The Morgan fingerprint density at radius 2 is 2.03 bits per heavy atom. The fourth-order valence-electron chi connectivity index (χ4n) is 3.84. The highest BCUT2D eigenvalue weighted by molar-refractivity contribution is 8.26. The zero-order valence-electron chi connectivity index (χ0n) is 16.6. The predicted octanol–water partition coefficient (Wildman–Crippen LogP) is 3.91. The fourth-order valence-corrected chi connectivity index (χ4v) is 5.21. The summed E-state index contributed by atoms with van der Waals surface area (Å²) in [7, 11) is 0. The molecule has 152 valence electrons. The molecule has 1 saturated carbocycles. The zero-order chi connectivity index (χ0) is 20.5. The number of hydrogen-bond donors (Lipinski definition) is 1. The lowest BCUT2D eigenvalue weighted by Gasteiger charge is -2.27. The summed E-state index contributed by atoms with van der Waals surface area (Å²) in [5.41, 5.74) is 0.801. The van der Waals surface area contributed by atoms with Crippen molar-refractivity contribution in [1.29, 1.82) is 0 Å². The summed E-state index contributed by atoms with van der Waals surface area (Å²) in [5.74, 6) is 1.12. The van der Waals surface area contributed by atoms with Crippen molar-refractivity contribution in [2.24, 2.45) is 5.92 Å². The Morgan fingerprint density at radius 3 is 2.72 bits per heavy atom. The molecule has 0 atom stereocenters. The molecule has 2 fully saturated rings. The lowest BCUT2D eigenvalue weighted by Crippen LogP contribution is -2.29. The molecule has 0 radical (unpaired) electrons. The molecule has 3 heterocycles. The van der Waals surface area contributed by atoms with Gasteiger partial charge in [-0.1, -0.05) is 37.0 Å². The fraction of sp³-hybridized carbons (Fsp3) is 0.429. The Balaban J connectivity index is 1.78. The van der Waals surface area contributed by atoms with Gasteiger partial charge in [0.05, 0.1) is 10.5 Å². The van der Waals surface area contributed by atoms with Gasteiger partial charge in [-0.15, -0.1) is 0 Å². The third kappa shape index (κ3) is 3.96. The summed E-state index contributed by atoms with van der Waals surface area (Å²) in [5, 5.41) is 3.49. The van der Waals surface area contributed by atoms with E-state index < -0.39 is 0 Å². The van der Waals surface area contributed by atoms with Gasteiger partial charge in [0.2, 0.25) is 0 Å². The maximum absolute atomic E-state index is 13.2. The lowest BCUT2D eigenvalue weighted by atomic mass is 9.87. The molecule has 8 heteroatoms. The molecule has 0 aromatic carbocycles. The Bertz CT molecular complexity index is 1050. The highest BCUT2D eigenvalue weighted by atomic mass is 32.2. The molecule has 1 saturated heterocycles. The van der Waals surface area contributed by atoms with Crippen LogP contribution in [-0.2, 0) is 4.79 Å². The van der Waals surface area contributed by atoms with Crippen LogP contribution in [-0.4, -0.2) is 37.1 Å². The number of hydrogen-bond acceptors (Lipinski definition) is 6. The molecule has 6 nitrogen and oxygen atoms in total. The number of amides is 1. The standard InChI is InChI=1S/C21H24N4O2S2/c1-3-24-20(27)16(29-21(24)28)12-15-18(22-14-9-7-13(2)8-10-14)23-17-6-4-5-11-25(17)19(15)26/h4-6,11-14,22H,3,7-10H2,1-2H3. The SMILES string of the molecule is CCN1C(=O)C(=Cc2c(NC3CCC(C)CC3)nc3ccccn3c2=O)SC1=S. The van der Waals surface area contributed by atoms with Crippen LogP contribution in [0.15, 0.2) is 34.1 Å². The molecule has 0 unspecified atom stereocenters. The summed E-state index contributed by atoms with van der Waals surface area (Å²) in [4.78, 5) is 32.6. The number of nitrogens with one attached hydrogen (secondary N) is 1. The quantitative estimate of drug-likeness (QED) is 0.588. The first kappa shape index (κ1) is 20.1. The Hall–Kier alpha value is -2.19. The van der Waals surface area contributed by atoms with Crippen LogP contribution in [0.2, 0.25) is 0 Å². The number of anilines is 1. The number of likely N-dealkylation sites (N-methyl/N-ethyl adjacent to an activating group) is 1. The Labute approximate surface area is 179 Å². The second-order valence-corrected chi connectivity index (χ2v) is 9.31. The van der Waals surface area contributed by atoms with Crippen molar-refractivity contribution in [2.75, 3.05) is 11.9 Å². The second kappa shape index (κ2) is 8.28. The van der Waals surface area contributed by atoms with Gasteiger partial charge in [0.1, 0.15) is 15.8 Å². The maximum atomic E-state index is 13.2. The van der Waals surface area contributed by atoms with Gasteiger partial charge in [0.25, 0.3) is 11.5 Å². The summed E-state index contributed by atoms with van der Waals surface area (Å²) < 4.78 is 2.04. The van der Waals surface area contributed by atoms with E-state index in [2.05, 4.69) is 12.2 Å². The molecule has 1 aliphatic heterocycles. The first-order valence-corrected chi connectivity index (χ1v) is 11.2. The number of nitrogens with zero attached hydrogens (tertiary/aromatic N) is 3. The van der Waals surface area contributed by atoms with Crippen molar-refractivity contribution in [3.8, 4) is 0 Å². The molecule has 1 aliphatic carbocycles. The first-order valence-electron chi connectivity index (χ1n) is 10.0. The number of thiocarbonyl (C=S) groups is 1. The number of rotatable bonds is 4. The van der Waals surface area contributed by atoms with Crippen LogP contribution in [0.5, 0.6) is 0 Å². The topological polar surface area (TPSA) is 66.7 Å². The average Bonchev–Trinajstić information content (AvgIpc) is 2.99. The Kier molecular flexibility index (Phi) is 5.74. The molecule has 1 amide bonds. The van der Waals surface area contributed by atoms with Gasteiger partial charge in [0.15, 0.2) is 0 Å². The molecular formula is C21H24N4O2S2. The van der Waals surface area contributed by atoms with E-state index in [-0.39, 0.29) is 17.5 Å². The van der Waals surface area contributed by atoms with Crippen molar-refractivity contribution in [2.45, 2.75) is 45.6 Å². The van der Waals surface area contributed by atoms with E-state index in [1.165, 1.54) is 16.2 Å². The summed E-state index contributed by atoms with van der Waals surface area (Å²) in [6.45, 7) is 4.68. The summed E-state index contributed by atoms with van der Waals surface area (Å²) in [6.07, 6.45) is 7.77. The van der Waals surface area contributed by atoms with E-state index in [0.717, 1.165) is 31.6 Å². The highest BCUT2D eigenvalue weighted by Gasteiger charge is 2.31. The number of fused-ring (bicyclic) bond motifs is 1. The largest absolute Gasteiger partial charge is 0.367 e. The number of pyridine rings is 1. The van der Waals surface area contributed by atoms with Gasteiger partial charge in [-0.05, 0) is 56.7 Å². The van der Waals surface area contributed by atoms with Crippen LogP contribution in [0.25, 0.3) is 11.7 Å². The van der Waals surface area contributed by atoms with Gasteiger partial charge >= 0.3 is 0 Å². The third-order valence-electron chi connectivity index (χ3n) is 5.59. The van der Waals surface area contributed by atoms with E-state index >= 15 is 0 Å². The molecule has 2 aromatic rings. The van der Waals surface area contributed by atoms with E-state index in [1.54, 1.807) is 23.2 Å². The molecule has 1 N–H and O–H groups in total. The smallest absolute Gasteiger partial charge is 0.267 e. The van der Waals surface area contributed by atoms with Crippen molar-refractivity contribution in [1.82, 2.24) is 14.3 Å². The molecule has 0 bridgehead atoms. The van der Waals surface area contributed by atoms with Gasteiger partial charge in [-0.25, -0.2) is 4.98 Å². The van der Waals surface area contributed by atoms with E-state index in [9.17, 15) is 9.59 Å². The predicted molar refractivity (Wildman–Crippen MR) is 122 cm³/mol. The van der Waals surface area contributed by atoms with Crippen molar-refractivity contribution < 1.29 is 4.79 Å². The number of thioether (sulfide) groups is 1. The van der Waals surface area contributed by atoms with Crippen molar-refractivity contribution >= 4 is 51.7 Å². The van der Waals surface area contributed by atoms with Crippen LogP contribution in [0.1, 0.15) is 45.1 Å². The van der Waals surface area contributed by atoms with Crippen LogP contribution in [0.3, 0.4) is 0 Å². The molecule has 0 spiro atoms. The molecular weight excluding hydrogens is 404 g/mol. The number of carbonyl (C=O) groups is 1. The van der Waals surface area contributed by atoms with Crippen LogP contribution >= 0.6 is 24.0 Å². The van der Waals surface area contributed by atoms with Gasteiger partial charge < -0.3 is 5.32 Å². The maximum Gasteiger partial charge on any atom is 0.267 e. The lowest BCUT2D eigenvalue weighted by molar-refractivity contribution is -0.121. The zero-order valence-corrected chi connectivity index (χ0v) is 18.2. The molecule has 2 aliphatic rings. The highest BCUT2D eigenvalue weighted by Crippen LogP contribution is 2.33. The van der Waals surface area contributed by atoms with Crippen LogP contribution < -0.4 is 10.9 Å². The normalized spacial score (nSPS) is 23.9. The second-order valence-electron chi connectivity index (χ2n) is 7.64. The summed E-state index contributed by atoms with van der Waals surface area (Å²) in [6, 6.07) is 5.75. The van der Waals surface area contributed by atoms with Gasteiger partial charge in [-0.2, -0.15) is 0 Å². The van der Waals surface area contributed by atoms with Gasteiger partial charge in [-0.3, -0.25) is 18.9 Å². The summed E-state index contributed by atoms with van der Waals surface area (Å²) >= 11 is 6.54. The first-order chi connectivity index (χ1) is 14.0.